The number of rotatable bonds is 14. The summed E-state index contributed by atoms with van der Waals surface area (Å²) < 4.78 is 12.0. The maximum atomic E-state index is 14.4. The number of amides is 2. The summed E-state index contributed by atoms with van der Waals surface area (Å²) in [5, 5.41) is 10.6. The minimum Gasteiger partial charge on any atom is -0.461 e. The molecule has 0 aromatic heterocycles. The largest absolute Gasteiger partial charge is 0.461 e. The van der Waals surface area contributed by atoms with Gasteiger partial charge in [0, 0.05) is 17.9 Å². The quantitative estimate of drug-likeness (QED) is 0.152. The smallest absolute Gasteiger partial charge is 0.312 e. The van der Waals surface area contributed by atoms with E-state index in [-0.39, 0.29) is 29.9 Å². The second-order valence-corrected chi connectivity index (χ2v) is 11.8. The van der Waals surface area contributed by atoms with Crippen molar-refractivity contribution in [3.63, 3.8) is 0 Å². The van der Waals surface area contributed by atoms with Crippen molar-refractivity contribution in [2.24, 2.45) is 11.8 Å². The highest BCUT2D eigenvalue weighted by molar-refractivity contribution is 9.09. The topological polar surface area (TPSA) is 96.4 Å². The standard InChI is InChI=1S/C30H39BrN2O6/c1-4-7-11-15-32(14-5-2)28(36)26-30-18-22(31)25(39-30)23(29(37)38-16-6-3)24(30)27(35)33(26)21(19-34)17-20-12-9-8-10-13-20/h5-6,8-10,12-13,21-26,34H,2-4,7,11,14-19H2,1H3/t21-,22?,23+,24+,25+,26?,30?/m1/s1. The van der Waals surface area contributed by atoms with Gasteiger partial charge in [0.05, 0.1) is 30.6 Å². The summed E-state index contributed by atoms with van der Waals surface area (Å²) in [5.41, 5.74) is -0.277. The van der Waals surface area contributed by atoms with E-state index in [1.807, 2.05) is 30.3 Å². The molecule has 39 heavy (non-hydrogen) atoms. The van der Waals surface area contributed by atoms with E-state index >= 15 is 0 Å². The number of carbonyl (C=O) groups is 3. The van der Waals surface area contributed by atoms with Crippen LogP contribution in [0, 0.1) is 11.8 Å². The minimum absolute atomic E-state index is 0.0206. The van der Waals surface area contributed by atoms with Gasteiger partial charge in [-0.25, -0.2) is 0 Å². The molecule has 0 aliphatic carbocycles. The van der Waals surface area contributed by atoms with Crippen molar-refractivity contribution in [2.75, 3.05) is 26.3 Å². The highest BCUT2D eigenvalue weighted by atomic mass is 79.9. The predicted octanol–water partition coefficient (Wildman–Crippen LogP) is 3.27. The lowest BCUT2D eigenvalue weighted by Gasteiger charge is -2.39. The number of carbonyl (C=O) groups excluding carboxylic acids is 3. The Kier molecular flexibility index (Phi) is 9.67. The molecular weight excluding hydrogens is 564 g/mol. The highest BCUT2D eigenvalue weighted by Gasteiger charge is 2.77. The van der Waals surface area contributed by atoms with Gasteiger partial charge >= 0.3 is 5.97 Å². The van der Waals surface area contributed by atoms with Crippen LogP contribution < -0.4 is 0 Å². The molecule has 1 aromatic rings. The third kappa shape index (κ3) is 5.45. The van der Waals surface area contributed by atoms with Crippen molar-refractivity contribution in [3.8, 4) is 0 Å². The normalized spacial score (nSPS) is 29.7. The number of benzene rings is 1. The second-order valence-electron chi connectivity index (χ2n) is 10.6. The zero-order valence-electron chi connectivity index (χ0n) is 22.5. The molecule has 3 unspecified atom stereocenters. The van der Waals surface area contributed by atoms with Crippen LogP contribution in [-0.4, -0.2) is 87.6 Å². The summed E-state index contributed by atoms with van der Waals surface area (Å²) in [7, 11) is 0. The van der Waals surface area contributed by atoms with Crippen LogP contribution in [0.1, 0.15) is 38.2 Å². The maximum absolute atomic E-state index is 14.4. The van der Waals surface area contributed by atoms with E-state index in [2.05, 4.69) is 36.0 Å². The first kappa shape index (κ1) is 29.5. The van der Waals surface area contributed by atoms with E-state index in [9.17, 15) is 19.5 Å². The lowest BCUT2D eigenvalue weighted by molar-refractivity contribution is -0.155. The van der Waals surface area contributed by atoms with Gasteiger partial charge < -0.3 is 24.4 Å². The molecule has 0 radical (unpaired) electrons. The fraction of sp³-hybridized carbons (Fsp3) is 0.567. The molecule has 1 spiro atoms. The molecule has 1 N–H and O–H groups in total. The van der Waals surface area contributed by atoms with Crippen molar-refractivity contribution in [2.45, 2.75) is 67.6 Å². The molecule has 8 nitrogen and oxygen atoms in total. The van der Waals surface area contributed by atoms with Gasteiger partial charge in [-0.2, -0.15) is 0 Å². The Hall–Kier alpha value is -2.49. The van der Waals surface area contributed by atoms with Crippen LogP contribution in [0.5, 0.6) is 0 Å². The Morgan fingerprint density at radius 1 is 1.28 bits per heavy atom. The van der Waals surface area contributed by atoms with Gasteiger partial charge in [-0.1, -0.05) is 84.8 Å². The predicted molar refractivity (Wildman–Crippen MR) is 151 cm³/mol. The SMILES string of the molecule is C=CCOC(=O)[C@H]1[C@H]2C(=O)N([C@@H](CO)Cc3ccccc3)C(C(=O)N(CC=C)CCCCC)C23CC(Br)[C@@H]1O3. The monoisotopic (exact) mass is 602 g/mol. The molecule has 3 fully saturated rings. The van der Waals surface area contributed by atoms with E-state index in [1.165, 1.54) is 11.0 Å². The zero-order chi connectivity index (χ0) is 28.2. The Morgan fingerprint density at radius 2 is 2.03 bits per heavy atom. The highest BCUT2D eigenvalue weighted by Crippen LogP contribution is 2.60. The van der Waals surface area contributed by atoms with Crippen LogP contribution in [0.3, 0.4) is 0 Å². The van der Waals surface area contributed by atoms with Gasteiger partial charge in [0.2, 0.25) is 11.8 Å². The fourth-order valence-corrected chi connectivity index (χ4v) is 7.50. The number of halogens is 1. The Morgan fingerprint density at radius 3 is 2.67 bits per heavy atom. The number of aliphatic hydroxyl groups excluding tert-OH is 1. The Balaban J connectivity index is 1.77. The van der Waals surface area contributed by atoms with Crippen LogP contribution in [0.15, 0.2) is 55.6 Å². The van der Waals surface area contributed by atoms with Crippen molar-refractivity contribution < 1.29 is 29.0 Å². The number of esters is 1. The van der Waals surface area contributed by atoms with E-state index in [0.717, 1.165) is 24.8 Å². The minimum atomic E-state index is -1.21. The lowest BCUT2D eigenvalue weighted by atomic mass is 9.70. The van der Waals surface area contributed by atoms with Crippen LogP contribution in [-0.2, 0) is 30.3 Å². The molecule has 2 bridgehead atoms. The van der Waals surface area contributed by atoms with Crippen LogP contribution in [0.2, 0.25) is 0 Å². The molecule has 3 heterocycles. The van der Waals surface area contributed by atoms with E-state index in [4.69, 9.17) is 9.47 Å². The number of hydrogen-bond acceptors (Lipinski definition) is 6. The van der Waals surface area contributed by atoms with Crippen molar-refractivity contribution in [1.29, 1.82) is 0 Å². The third-order valence-corrected chi connectivity index (χ3v) is 9.03. The number of aliphatic hydroxyl groups is 1. The van der Waals surface area contributed by atoms with Crippen molar-refractivity contribution >= 4 is 33.7 Å². The van der Waals surface area contributed by atoms with E-state index in [0.29, 0.717) is 25.9 Å². The summed E-state index contributed by atoms with van der Waals surface area (Å²) in [6.07, 6.45) is 6.12. The first-order valence-corrected chi connectivity index (χ1v) is 14.7. The molecular formula is C30H39BrN2O6. The second kappa shape index (κ2) is 12.8. The first-order chi connectivity index (χ1) is 18.8. The molecule has 7 atom stereocenters. The average molecular weight is 604 g/mol. The molecule has 0 saturated carbocycles. The first-order valence-electron chi connectivity index (χ1n) is 13.8. The number of ether oxygens (including phenoxy) is 2. The molecule has 3 aliphatic rings. The number of fused-ring (bicyclic) bond motifs is 1. The van der Waals surface area contributed by atoms with Gasteiger partial charge in [-0.15, -0.1) is 6.58 Å². The summed E-state index contributed by atoms with van der Waals surface area (Å²) in [4.78, 5) is 45.0. The zero-order valence-corrected chi connectivity index (χ0v) is 24.1. The van der Waals surface area contributed by atoms with E-state index < -0.39 is 41.6 Å². The number of hydrogen-bond donors (Lipinski definition) is 1. The molecule has 2 amide bonds. The van der Waals surface area contributed by atoms with Crippen LogP contribution >= 0.6 is 15.9 Å². The van der Waals surface area contributed by atoms with Gasteiger partial charge in [0.15, 0.2) is 0 Å². The van der Waals surface area contributed by atoms with Crippen molar-refractivity contribution in [3.05, 3.63) is 61.2 Å². The summed E-state index contributed by atoms with van der Waals surface area (Å²) >= 11 is 3.67. The van der Waals surface area contributed by atoms with E-state index in [1.54, 1.807) is 11.0 Å². The van der Waals surface area contributed by atoms with Crippen molar-refractivity contribution in [1.82, 2.24) is 9.80 Å². The van der Waals surface area contributed by atoms with Crippen LogP contribution in [0.4, 0.5) is 0 Å². The van der Waals surface area contributed by atoms with Gasteiger partial charge in [0.1, 0.15) is 18.2 Å². The number of alkyl halides is 1. The summed E-state index contributed by atoms with van der Waals surface area (Å²) in [6.45, 7) is 10.1. The van der Waals surface area contributed by atoms with Gasteiger partial charge in [0.25, 0.3) is 0 Å². The maximum Gasteiger partial charge on any atom is 0.312 e. The molecule has 1 aromatic carbocycles. The Labute approximate surface area is 239 Å². The third-order valence-electron chi connectivity index (χ3n) is 8.19. The Bertz CT molecular complexity index is 1070. The molecule has 3 aliphatic heterocycles. The molecule has 212 valence electrons. The number of unbranched alkanes of at least 4 members (excludes halogenated alkanes) is 2. The molecule has 3 saturated heterocycles. The molecule has 9 heteroatoms. The summed E-state index contributed by atoms with van der Waals surface area (Å²) in [5.74, 6) is -2.87. The fourth-order valence-electron chi connectivity index (χ4n) is 6.56. The summed E-state index contributed by atoms with van der Waals surface area (Å²) in [6, 6.07) is 7.91. The molecule has 4 rings (SSSR count). The van der Waals surface area contributed by atoms with Gasteiger partial charge in [-0.3, -0.25) is 14.4 Å². The number of nitrogens with zero attached hydrogens (tertiary/aromatic N) is 2. The number of likely N-dealkylation sites (tertiary alicyclic amines) is 1. The average Bonchev–Trinajstić information content (AvgIpc) is 3.53. The lowest BCUT2D eigenvalue weighted by Crippen LogP contribution is -2.59. The van der Waals surface area contributed by atoms with Gasteiger partial charge in [-0.05, 0) is 24.8 Å². The van der Waals surface area contributed by atoms with Crippen LogP contribution in [0.25, 0.3) is 0 Å².